The third kappa shape index (κ3) is 7.71. The summed E-state index contributed by atoms with van der Waals surface area (Å²) in [6.45, 7) is 12.1. The van der Waals surface area contributed by atoms with Crippen LogP contribution in [-0.4, -0.2) is 75.9 Å². The highest BCUT2D eigenvalue weighted by atomic mass is 16.5. The van der Waals surface area contributed by atoms with Crippen molar-refractivity contribution in [1.29, 1.82) is 0 Å². The van der Waals surface area contributed by atoms with Gasteiger partial charge in [-0.2, -0.15) is 0 Å². The van der Waals surface area contributed by atoms with Crippen molar-refractivity contribution >= 4 is 0 Å². The zero-order chi connectivity index (χ0) is 12.3. The maximum Gasteiger partial charge on any atom is 0.0593 e. The van der Waals surface area contributed by atoms with Gasteiger partial charge in [-0.1, -0.05) is 13.3 Å². The molecular weight excluding hydrogens is 214 g/mol. The number of piperazine rings is 1. The second-order valence-corrected chi connectivity index (χ2v) is 4.86. The van der Waals surface area contributed by atoms with Crippen molar-refractivity contribution in [2.45, 2.75) is 19.8 Å². The molecule has 4 nitrogen and oxygen atoms in total. The number of nitrogens with one attached hydrogen (secondary N) is 1. The van der Waals surface area contributed by atoms with Crippen LogP contribution in [0.25, 0.3) is 0 Å². The predicted octanol–water partition coefficient (Wildman–Crippen LogP) is 0.640. The fourth-order valence-corrected chi connectivity index (χ4v) is 1.93. The summed E-state index contributed by atoms with van der Waals surface area (Å²) < 4.78 is 5.57. The molecule has 0 unspecified atom stereocenters. The Hall–Kier alpha value is -0.160. The Balaban J connectivity index is 1.91. The van der Waals surface area contributed by atoms with Crippen molar-refractivity contribution in [1.82, 2.24) is 15.1 Å². The molecule has 0 amide bonds. The number of nitrogens with zero attached hydrogens (tertiary/aromatic N) is 2. The van der Waals surface area contributed by atoms with Crippen LogP contribution in [0, 0.1) is 0 Å². The minimum Gasteiger partial charge on any atom is -0.380 e. The molecule has 1 N–H and O–H groups in total. The molecule has 4 heteroatoms. The lowest BCUT2D eigenvalue weighted by molar-refractivity contribution is 0.104. The molecule has 1 aliphatic rings. The lowest BCUT2D eigenvalue weighted by Gasteiger charge is -2.29. The first-order valence-electron chi connectivity index (χ1n) is 7.02. The molecule has 102 valence electrons. The SMILES string of the molecule is CCCCOCCN(C)CCN1CCNCC1. The minimum absolute atomic E-state index is 0.873. The highest BCUT2D eigenvalue weighted by molar-refractivity contribution is 4.68. The quantitative estimate of drug-likeness (QED) is 0.602. The van der Waals surface area contributed by atoms with Gasteiger partial charge in [0.2, 0.25) is 0 Å². The zero-order valence-electron chi connectivity index (χ0n) is 11.6. The number of hydrogen-bond acceptors (Lipinski definition) is 4. The molecule has 1 rings (SSSR count). The van der Waals surface area contributed by atoms with E-state index in [0.29, 0.717) is 0 Å². The van der Waals surface area contributed by atoms with E-state index >= 15 is 0 Å². The van der Waals surface area contributed by atoms with Gasteiger partial charge in [-0.25, -0.2) is 0 Å². The van der Waals surface area contributed by atoms with Gasteiger partial charge in [-0.05, 0) is 13.5 Å². The van der Waals surface area contributed by atoms with Crippen LogP contribution in [0.2, 0.25) is 0 Å². The summed E-state index contributed by atoms with van der Waals surface area (Å²) in [5.74, 6) is 0. The summed E-state index contributed by atoms with van der Waals surface area (Å²) in [6, 6.07) is 0. The van der Waals surface area contributed by atoms with Crippen LogP contribution in [0.3, 0.4) is 0 Å². The van der Waals surface area contributed by atoms with E-state index in [9.17, 15) is 0 Å². The fourth-order valence-electron chi connectivity index (χ4n) is 1.93. The predicted molar refractivity (Wildman–Crippen MR) is 72.5 cm³/mol. The molecule has 0 saturated carbocycles. The van der Waals surface area contributed by atoms with E-state index in [0.717, 1.165) is 39.4 Å². The fraction of sp³-hybridized carbons (Fsp3) is 1.00. The Kier molecular flexibility index (Phi) is 8.61. The average Bonchev–Trinajstić information content (AvgIpc) is 2.37. The third-order valence-electron chi connectivity index (χ3n) is 3.27. The second kappa shape index (κ2) is 9.83. The summed E-state index contributed by atoms with van der Waals surface area (Å²) in [4.78, 5) is 4.90. The van der Waals surface area contributed by atoms with E-state index in [4.69, 9.17) is 4.74 Å². The first kappa shape index (κ1) is 14.9. The first-order chi connectivity index (χ1) is 8.33. The van der Waals surface area contributed by atoms with Gasteiger partial charge < -0.3 is 15.0 Å². The third-order valence-corrected chi connectivity index (χ3v) is 3.27. The van der Waals surface area contributed by atoms with Crippen LogP contribution >= 0.6 is 0 Å². The van der Waals surface area contributed by atoms with Gasteiger partial charge in [0.15, 0.2) is 0 Å². The molecule has 0 radical (unpaired) electrons. The molecule has 0 bridgehead atoms. The number of rotatable bonds is 9. The van der Waals surface area contributed by atoms with Gasteiger partial charge in [0.1, 0.15) is 0 Å². The topological polar surface area (TPSA) is 27.7 Å². The van der Waals surface area contributed by atoms with Gasteiger partial charge in [0.25, 0.3) is 0 Å². The second-order valence-electron chi connectivity index (χ2n) is 4.86. The Morgan fingerprint density at radius 1 is 1.18 bits per heavy atom. The number of likely N-dealkylation sites (N-methyl/N-ethyl adjacent to an activating group) is 1. The van der Waals surface area contributed by atoms with Gasteiger partial charge in [-0.15, -0.1) is 0 Å². The summed E-state index contributed by atoms with van der Waals surface area (Å²) >= 11 is 0. The normalized spacial score (nSPS) is 17.8. The smallest absolute Gasteiger partial charge is 0.0593 e. The molecule has 1 fully saturated rings. The van der Waals surface area contributed by atoms with Crippen LogP contribution in [-0.2, 0) is 4.74 Å². The van der Waals surface area contributed by atoms with Gasteiger partial charge in [0, 0.05) is 52.4 Å². The van der Waals surface area contributed by atoms with Crippen LogP contribution in [0.15, 0.2) is 0 Å². The van der Waals surface area contributed by atoms with Crippen LogP contribution in [0.5, 0.6) is 0 Å². The van der Waals surface area contributed by atoms with E-state index in [1.54, 1.807) is 0 Å². The summed E-state index contributed by atoms with van der Waals surface area (Å²) in [5, 5.41) is 3.38. The van der Waals surface area contributed by atoms with Crippen molar-refractivity contribution in [3.8, 4) is 0 Å². The maximum atomic E-state index is 5.57. The molecule has 0 aliphatic carbocycles. The van der Waals surface area contributed by atoms with Crippen LogP contribution in [0.1, 0.15) is 19.8 Å². The Morgan fingerprint density at radius 2 is 1.94 bits per heavy atom. The molecular formula is C13H29N3O. The zero-order valence-corrected chi connectivity index (χ0v) is 11.6. The van der Waals surface area contributed by atoms with E-state index in [2.05, 4.69) is 29.1 Å². The lowest BCUT2D eigenvalue weighted by Crippen LogP contribution is -2.46. The molecule has 0 atom stereocenters. The summed E-state index contributed by atoms with van der Waals surface area (Å²) in [6.07, 6.45) is 2.41. The molecule has 0 aromatic rings. The Morgan fingerprint density at radius 3 is 2.65 bits per heavy atom. The standard InChI is InChI=1S/C13H29N3O/c1-3-4-12-17-13-11-15(2)9-10-16-7-5-14-6-8-16/h14H,3-13H2,1-2H3. The Labute approximate surface area is 106 Å². The average molecular weight is 243 g/mol. The highest BCUT2D eigenvalue weighted by Crippen LogP contribution is 1.94. The van der Waals surface area contributed by atoms with Crippen molar-refractivity contribution in [2.75, 3.05) is 66.1 Å². The summed E-state index contributed by atoms with van der Waals surface area (Å²) in [5.41, 5.74) is 0. The molecule has 1 aliphatic heterocycles. The molecule has 0 spiro atoms. The van der Waals surface area contributed by atoms with E-state index in [-0.39, 0.29) is 0 Å². The van der Waals surface area contributed by atoms with E-state index in [1.165, 1.54) is 32.5 Å². The monoisotopic (exact) mass is 243 g/mol. The van der Waals surface area contributed by atoms with Crippen molar-refractivity contribution in [2.24, 2.45) is 0 Å². The van der Waals surface area contributed by atoms with Gasteiger partial charge in [0.05, 0.1) is 6.61 Å². The minimum atomic E-state index is 0.873. The van der Waals surface area contributed by atoms with Gasteiger partial charge >= 0.3 is 0 Å². The maximum absolute atomic E-state index is 5.57. The molecule has 0 aromatic carbocycles. The molecule has 17 heavy (non-hydrogen) atoms. The number of unbranched alkanes of at least 4 members (excludes halogenated alkanes) is 1. The van der Waals surface area contributed by atoms with Crippen LogP contribution in [0.4, 0.5) is 0 Å². The van der Waals surface area contributed by atoms with Crippen molar-refractivity contribution in [3.05, 3.63) is 0 Å². The summed E-state index contributed by atoms with van der Waals surface area (Å²) in [7, 11) is 2.19. The van der Waals surface area contributed by atoms with Gasteiger partial charge in [-0.3, -0.25) is 4.90 Å². The van der Waals surface area contributed by atoms with Crippen molar-refractivity contribution < 1.29 is 4.74 Å². The Bertz CT molecular complexity index is 172. The lowest BCUT2D eigenvalue weighted by atomic mass is 10.3. The molecule has 1 saturated heterocycles. The van der Waals surface area contributed by atoms with Crippen LogP contribution < -0.4 is 5.32 Å². The van der Waals surface area contributed by atoms with E-state index in [1.807, 2.05) is 0 Å². The molecule has 1 heterocycles. The van der Waals surface area contributed by atoms with Crippen molar-refractivity contribution in [3.63, 3.8) is 0 Å². The van der Waals surface area contributed by atoms with E-state index < -0.39 is 0 Å². The number of hydrogen-bond donors (Lipinski definition) is 1. The highest BCUT2D eigenvalue weighted by Gasteiger charge is 2.09. The number of ether oxygens (including phenoxy) is 1. The largest absolute Gasteiger partial charge is 0.380 e. The first-order valence-corrected chi connectivity index (χ1v) is 7.02. The molecule has 0 aromatic heterocycles.